The highest BCUT2D eigenvalue weighted by molar-refractivity contribution is 6.35. The summed E-state index contributed by atoms with van der Waals surface area (Å²) < 4.78 is 6.30. The summed E-state index contributed by atoms with van der Waals surface area (Å²) in [5.41, 5.74) is 0. The Morgan fingerprint density at radius 3 is 1.10 bits per heavy atom. The Labute approximate surface area is 214 Å². The molecule has 0 rings (SSSR count). The Kier molecular flexibility index (Phi) is 62.1. The third kappa shape index (κ3) is 63.0. The molecule has 0 saturated heterocycles. The molecule has 0 aliphatic carbocycles. The van der Waals surface area contributed by atoms with Gasteiger partial charge in [-0.1, -0.05) is 138 Å². The van der Waals surface area contributed by atoms with Gasteiger partial charge in [-0.05, 0) is 6.92 Å². The maximum Gasteiger partial charge on any atom is 0.364 e. The number of aliphatic hydroxyl groups is 1. The van der Waals surface area contributed by atoms with E-state index in [2.05, 4.69) is 41.5 Å². The zero-order chi connectivity index (χ0) is 23.6. The lowest BCUT2D eigenvalue weighted by Gasteiger charge is -1.99. The Balaban J connectivity index is -0.000000169. The van der Waals surface area contributed by atoms with Crippen molar-refractivity contribution in [2.75, 3.05) is 6.61 Å². The standard InChI is InChI=1S/C8H17.C7H16.2C4H9.C2H6O.C2H5.2Mg/c1-3-5-7-8-6-4-2;1-3-5-7-6-4-2;2*1-3-4-2;1-2-3;1-2;;/h1,3-8H2,2H3;3-7H2,1-2H3;2*1,3-4H2,2H3;3H,2H2,1H3;1H2,2H3;;. The van der Waals surface area contributed by atoms with Gasteiger partial charge in [0.15, 0.2) is 0 Å². The summed E-state index contributed by atoms with van der Waals surface area (Å²) in [6, 6.07) is 0. The molecule has 0 aromatic carbocycles. The van der Waals surface area contributed by atoms with E-state index in [1.807, 2.05) is 0 Å². The molecule has 0 aliphatic rings. The van der Waals surface area contributed by atoms with E-state index in [1.54, 1.807) is 27.0 Å². The summed E-state index contributed by atoms with van der Waals surface area (Å²) in [7, 11) is 0. The van der Waals surface area contributed by atoms with Gasteiger partial charge in [0.1, 0.15) is 0 Å². The van der Waals surface area contributed by atoms with Gasteiger partial charge < -0.3 is 5.11 Å². The minimum atomic E-state index is 0.250. The highest BCUT2D eigenvalue weighted by atomic mass is 24.5. The number of unbranched alkanes of at least 4 members (excludes halogenated alkanes) is 11. The SMILES string of the molecule is CCCCCCC.CCCCCCC[CH2][Mg][CH2]CCC.CCC[CH2][Mg][CH2]C.CCO. The van der Waals surface area contributed by atoms with Crippen molar-refractivity contribution in [1.82, 2.24) is 0 Å². The smallest absolute Gasteiger partial charge is 0.364 e. The maximum atomic E-state index is 7.57. The first-order valence-electron chi connectivity index (χ1n) is 14.3. The number of hydrogen-bond acceptors (Lipinski definition) is 1. The Hall–Kier alpha value is 1.49. The molecule has 1 N–H and O–H groups in total. The normalized spacial score (nSPS) is 9.07. The molecule has 0 spiro atoms. The summed E-state index contributed by atoms with van der Waals surface area (Å²) in [4.78, 5) is 0. The molecule has 180 valence electrons. The zero-order valence-corrected chi connectivity index (χ0v) is 25.8. The molecule has 0 aromatic rings. The van der Waals surface area contributed by atoms with Crippen LogP contribution in [0.5, 0.6) is 0 Å². The Morgan fingerprint density at radius 1 is 0.400 bits per heavy atom. The van der Waals surface area contributed by atoms with E-state index in [9.17, 15) is 0 Å². The summed E-state index contributed by atoms with van der Waals surface area (Å²) >= 11 is 0.772. The fraction of sp³-hybridized carbons (Fsp3) is 1.00. The zero-order valence-electron chi connectivity index (χ0n) is 23.0. The molecular formula is C27H62Mg2O. The molecule has 0 aliphatic heterocycles. The summed E-state index contributed by atoms with van der Waals surface area (Å²) in [6.45, 7) is 15.6. The van der Waals surface area contributed by atoms with Gasteiger partial charge in [0, 0.05) is 6.61 Å². The monoisotopic (exact) mass is 450 g/mol. The molecule has 3 heteroatoms. The topological polar surface area (TPSA) is 20.2 Å². The lowest BCUT2D eigenvalue weighted by Crippen LogP contribution is -1.89. The molecule has 1 nitrogen and oxygen atoms in total. The van der Waals surface area contributed by atoms with Crippen LogP contribution in [0.1, 0.15) is 145 Å². The fourth-order valence-corrected chi connectivity index (χ4v) is 6.36. The van der Waals surface area contributed by atoms with Crippen molar-refractivity contribution in [1.29, 1.82) is 0 Å². The van der Waals surface area contributed by atoms with Crippen molar-refractivity contribution in [3.63, 3.8) is 0 Å². The number of rotatable bonds is 18. The predicted molar refractivity (Wildman–Crippen MR) is 147 cm³/mol. The maximum absolute atomic E-state index is 7.57. The summed E-state index contributed by atoms with van der Waals surface area (Å²) in [6.07, 6.45) is 21.7. The van der Waals surface area contributed by atoms with Crippen LogP contribution in [0.25, 0.3) is 0 Å². The van der Waals surface area contributed by atoms with Crippen LogP contribution in [0, 0.1) is 0 Å². The number of hydrogen-bond donors (Lipinski definition) is 1. The third-order valence-electron chi connectivity index (χ3n) is 5.12. The van der Waals surface area contributed by atoms with E-state index in [1.165, 1.54) is 94.4 Å². The molecule has 30 heavy (non-hydrogen) atoms. The van der Waals surface area contributed by atoms with Gasteiger partial charge >= 0.3 is 40.7 Å². The van der Waals surface area contributed by atoms with E-state index in [4.69, 9.17) is 5.11 Å². The van der Waals surface area contributed by atoms with Gasteiger partial charge in [-0.15, -0.1) is 18.2 Å². The van der Waals surface area contributed by atoms with Gasteiger partial charge in [-0.2, -0.15) is 0 Å². The van der Waals surface area contributed by atoms with E-state index < -0.39 is 0 Å². The van der Waals surface area contributed by atoms with E-state index in [0.717, 1.165) is 0 Å². The molecule has 0 saturated carbocycles. The lowest BCUT2D eigenvalue weighted by atomic mass is 10.1. The van der Waals surface area contributed by atoms with Crippen LogP contribution < -0.4 is 0 Å². The molecule has 0 fully saturated rings. The first-order chi connectivity index (χ1) is 14.7. The first-order valence-corrected chi connectivity index (χ1v) is 18.3. The van der Waals surface area contributed by atoms with Gasteiger partial charge in [0.2, 0.25) is 0 Å². The predicted octanol–water partition coefficient (Wildman–Crippen LogP) is 10.0. The minimum absolute atomic E-state index is 0.250. The second-order valence-corrected chi connectivity index (χ2v) is 13.2. The van der Waals surface area contributed by atoms with Gasteiger partial charge in [0.25, 0.3) is 0 Å². The molecule has 0 heterocycles. The Morgan fingerprint density at radius 2 is 0.700 bits per heavy atom. The van der Waals surface area contributed by atoms with Crippen LogP contribution in [-0.2, 0) is 0 Å². The molecule has 0 amide bonds. The van der Waals surface area contributed by atoms with E-state index in [0.29, 0.717) is 40.7 Å². The van der Waals surface area contributed by atoms with Gasteiger partial charge in [-0.3, -0.25) is 0 Å². The molecule has 0 radical (unpaired) electrons. The molecule has 0 bridgehead atoms. The van der Waals surface area contributed by atoms with Crippen molar-refractivity contribution in [3.8, 4) is 0 Å². The second kappa shape index (κ2) is 48.1. The van der Waals surface area contributed by atoms with Crippen LogP contribution in [-0.4, -0.2) is 52.4 Å². The van der Waals surface area contributed by atoms with Crippen LogP contribution >= 0.6 is 0 Å². The van der Waals surface area contributed by atoms with Crippen molar-refractivity contribution in [3.05, 3.63) is 0 Å². The van der Waals surface area contributed by atoms with Crippen LogP contribution in [0.4, 0.5) is 0 Å². The average molecular weight is 451 g/mol. The second-order valence-electron chi connectivity index (χ2n) is 8.62. The molecular weight excluding hydrogens is 389 g/mol. The van der Waals surface area contributed by atoms with Gasteiger partial charge in [-0.25, -0.2) is 0 Å². The molecule has 0 aromatic heterocycles. The van der Waals surface area contributed by atoms with Crippen LogP contribution in [0.15, 0.2) is 0 Å². The third-order valence-corrected chi connectivity index (χ3v) is 8.83. The quantitative estimate of drug-likeness (QED) is 0.162. The fourth-order valence-electron chi connectivity index (χ4n) is 3.09. The molecule has 0 atom stereocenters. The van der Waals surface area contributed by atoms with E-state index in [-0.39, 0.29) is 6.61 Å². The molecule has 0 unspecified atom stereocenters. The van der Waals surface area contributed by atoms with Crippen LogP contribution in [0.3, 0.4) is 0 Å². The first kappa shape index (κ1) is 38.7. The van der Waals surface area contributed by atoms with Crippen molar-refractivity contribution in [2.45, 2.75) is 163 Å². The minimum Gasteiger partial charge on any atom is -0.397 e. The highest BCUT2D eigenvalue weighted by Crippen LogP contribution is 2.08. The van der Waals surface area contributed by atoms with Crippen LogP contribution in [0.2, 0.25) is 18.2 Å². The largest absolute Gasteiger partial charge is 0.397 e. The average Bonchev–Trinajstić information content (AvgIpc) is 2.75. The number of aliphatic hydroxyl groups excluding tert-OH is 1. The Bertz CT molecular complexity index is 185. The van der Waals surface area contributed by atoms with Crippen molar-refractivity contribution >= 4 is 40.7 Å². The van der Waals surface area contributed by atoms with E-state index >= 15 is 0 Å². The highest BCUT2D eigenvalue weighted by Gasteiger charge is 1.95. The lowest BCUT2D eigenvalue weighted by molar-refractivity contribution is 0.318. The van der Waals surface area contributed by atoms with Gasteiger partial charge in [0.05, 0.1) is 0 Å². The summed E-state index contributed by atoms with van der Waals surface area (Å²) in [5, 5.41) is 7.57. The van der Waals surface area contributed by atoms with Crippen molar-refractivity contribution < 1.29 is 5.11 Å². The van der Waals surface area contributed by atoms with Crippen molar-refractivity contribution in [2.24, 2.45) is 0 Å². The summed E-state index contributed by atoms with van der Waals surface area (Å²) in [5.74, 6) is 0.